The van der Waals surface area contributed by atoms with Gasteiger partial charge in [0.2, 0.25) is 0 Å². The topological polar surface area (TPSA) is 0 Å². The molecule has 0 amide bonds. The van der Waals surface area contributed by atoms with Crippen LogP contribution in [0.3, 0.4) is 0 Å². The first kappa shape index (κ1) is 15.0. The standard InChI is InChI=1S/C23H17Cl/c1-16-9-11-17(12-10-16)20-13-18-5-2-3-8-22(18)23(15-20)19-6-4-7-21(24)14-19/h2-15H,1H3. The lowest BCUT2D eigenvalue weighted by Crippen LogP contribution is -1.86. The van der Waals surface area contributed by atoms with Crippen molar-refractivity contribution in [2.45, 2.75) is 6.92 Å². The van der Waals surface area contributed by atoms with Gasteiger partial charge in [0.15, 0.2) is 0 Å². The minimum atomic E-state index is 0.761. The van der Waals surface area contributed by atoms with Gasteiger partial charge >= 0.3 is 0 Å². The van der Waals surface area contributed by atoms with Gasteiger partial charge in [0.1, 0.15) is 0 Å². The molecular formula is C23H17Cl. The molecular weight excluding hydrogens is 312 g/mol. The largest absolute Gasteiger partial charge is 0.0843 e. The molecule has 0 aliphatic rings. The van der Waals surface area contributed by atoms with Gasteiger partial charge in [-0.1, -0.05) is 77.8 Å². The highest BCUT2D eigenvalue weighted by Gasteiger charge is 2.08. The molecule has 24 heavy (non-hydrogen) atoms. The molecule has 0 saturated heterocycles. The molecule has 0 heterocycles. The van der Waals surface area contributed by atoms with E-state index in [2.05, 4.69) is 73.7 Å². The fraction of sp³-hybridized carbons (Fsp3) is 0.0435. The van der Waals surface area contributed by atoms with E-state index in [1.807, 2.05) is 18.2 Å². The number of hydrogen-bond acceptors (Lipinski definition) is 0. The highest BCUT2D eigenvalue weighted by molar-refractivity contribution is 6.30. The highest BCUT2D eigenvalue weighted by atomic mass is 35.5. The van der Waals surface area contributed by atoms with Crippen molar-refractivity contribution in [3.63, 3.8) is 0 Å². The average Bonchev–Trinajstić information content (AvgIpc) is 2.61. The number of halogens is 1. The summed E-state index contributed by atoms with van der Waals surface area (Å²) in [6.07, 6.45) is 0. The van der Waals surface area contributed by atoms with Crippen LogP contribution in [0.1, 0.15) is 5.56 Å². The maximum atomic E-state index is 6.22. The number of fused-ring (bicyclic) bond motifs is 1. The van der Waals surface area contributed by atoms with Gasteiger partial charge in [-0.25, -0.2) is 0 Å². The Bertz CT molecular complexity index is 1010. The molecule has 0 nitrogen and oxygen atoms in total. The van der Waals surface area contributed by atoms with Crippen molar-refractivity contribution >= 4 is 22.4 Å². The lowest BCUT2D eigenvalue weighted by molar-refractivity contribution is 1.47. The van der Waals surface area contributed by atoms with Crippen molar-refractivity contribution in [3.8, 4) is 22.3 Å². The van der Waals surface area contributed by atoms with Crippen LogP contribution < -0.4 is 0 Å². The van der Waals surface area contributed by atoms with Crippen molar-refractivity contribution in [3.05, 3.63) is 95.5 Å². The van der Waals surface area contributed by atoms with Crippen molar-refractivity contribution in [1.82, 2.24) is 0 Å². The van der Waals surface area contributed by atoms with Crippen molar-refractivity contribution in [2.24, 2.45) is 0 Å². The molecule has 116 valence electrons. The second kappa shape index (κ2) is 6.14. The van der Waals surface area contributed by atoms with E-state index in [1.54, 1.807) is 0 Å². The highest BCUT2D eigenvalue weighted by Crippen LogP contribution is 2.35. The molecule has 4 rings (SSSR count). The van der Waals surface area contributed by atoms with Gasteiger partial charge in [-0.05, 0) is 64.2 Å². The van der Waals surface area contributed by atoms with E-state index in [9.17, 15) is 0 Å². The fourth-order valence-electron chi connectivity index (χ4n) is 3.12. The van der Waals surface area contributed by atoms with Crippen LogP contribution >= 0.6 is 11.6 Å². The Morgan fingerprint density at radius 2 is 1.42 bits per heavy atom. The van der Waals surface area contributed by atoms with E-state index in [1.165, 1.54) is 33.0 Å². The Morgan fingerprint density at radius 3 is 2.21 bits per heavy atom. The van der Waals surface area contributed by atoms with Crippen LogP contribution in [0.4, 0.5) is 0 Å². The summed E-state index contributed by atoms with van der Waals surface area (Å²) in [4.78, 5) is 0. The third kappa shape index (κ3) is 2.81. The van der Waals surface area contributed by atoms with Gasteiger partial charge in [-0.3, -0.25) is 0 Å². The van der Waals surface area contributed by atoms with Gasteiger partial charge < -0.3 is 0 Å². The SMILES string of the molecule is Cc1ccc(-c2cc(-c3cccc(Cl)c3)c3ccccc3c2)cc1. The second-order valence-corrected chi connectivity index (χ2v) is 6.56. The lowest BCUT2D eigenvalue weighted by atomic mass is 9.93. The third-order valence-corrected chi connectivity index (χ3v) is 4.62. The first-order valence-corrected chi connectivity index (χ1v) is 8.44. The first-order valence-electron chi connectivity index (χ1n) is 8.06. The summed E-state index contributed by atoms with van der Waals surface area (Å²) < 4.78 is 0. The minimum absolute atomic E-state index is 0.761. The van der Waals surface area contributed by atoms with Crippen LogP contribution in [0, 0.1) is 6.92 Å². The van der Waals surface area contributed by atoms with Gasteiger partial charge in [0.25, 0.3) is 0 Å². The summed E-state index contributed by atoms with van der Waals surface area (Å²) in [5.41, 5.74) is 6.09. The molecule has 0 aromatic heterocycles. The summed E-state index contributed by atoms with van der Waals surface area (Å²) in [6.45, 7) is 2.11. The van der Waals surface area contributed by atoms with E-state index in [-0.39, 0.29) is 0 Å². The van der Waals surface area contributed by atoms with E-state index in [0.29, 0.717) is 0 Å². The molecule has 0 aliphatic carbocycles. The Balaban J connectivity index is 1.99. The molecule has 0 radical (unpaired) electrons. The predicted octanol–water partition coefficient (Wildman–Crippen LogP) is 7.14. The number of benzene rings is 4. The molecule has 4 aromatic carbocycles. The van der Waals surface area contributed by atoms with Crippen LogP contribution in [0.5, 0.6) is 0 Å². The van der Waals surface area contributed by atoms with Crippen LogP contribution in [-0.2, 0) is 0 Å². The van der Waals surface area contributed by atoms with Crippen molar-refractivity contribution < 1.29 is 0 Å². The Hall–Kier alpha value is -2.57. The molecule has 0 spiro atoms. The molecule has 0 bridgehead atoms. The maximum Gasteiger partial charge on any atom is 0.0412 e. The van der Waals surface area contributed by atoms with E-state index in [4.69, 9.17) is 11.6 Å². The van der Waals surface area contributed by atoms with Crippen LogP contribution in [0.15, 0.2) is 84.9 Å². The quantitative estimate of drug-likeness (QED) is 0.367. The maximum absolute atomic E-state index is 6.22. The predicted molar refractivity (Wildman–Crippen MR) is 105 cm³/mol. The molecule has 0 saturated carbocycles. The molecule has 0 fully saturated rings. The molecule has 0 N–H and O–H groups in total. The number of hydrogen-bond donors (Lipinski definition) is 0. The summed E-state index contributed by atoms with van der Waals surface area (Å²) in [7, 11) is 0. The summed E-state index contributed by atoms with van der Waals surface area (Å²) >= 11 is 6.22. The first-order chi connectivity index (χ1) is 11.7. The van der Waals surface area contributed by atoms with Crippen LogP contribution in [-0.4, -0.2) is 0 Å². The van der Waals surface area contributed by atoms with Gasteiger partial charge in [0, 0.05) is 5.02 Å². The molecule has 0 aliphatic heterocycles. The third-order valence-electron chi connectivity index (χ3n) is 4.38. The number of rotatable bonds is 2. The Morgan fingerprint density at radius 1 is 0.625 bits per heavy atom. The van der Waals surface area contributed by atoms with E-state index >= 15 is 0 Å². The monoisotopic (exact) mass is 328 g/mol. The van der Waals surface area contributed by atoms with Gasteiger partial charge in [-0.2, -0.15) is 0 Å². The smallest absolute Gasteiger partial charge is 0.0412 e. The summed E-state index contributed by atoms with van der Waals surface area (Å²) in [5.74, 6) is 0. The molecule has 4 aromatic rings. The Labute approximate surface area is 147 Å². The van der Waals surface area contributed by atoms with E-state index in [0.717, 1.165) is 10.6 Å². The summed E-state index contributed by atoms with van der Waals surface area (Å²) in [6, 6.07) is 29.8. The minimum Gasteiger partial charge on any atom is -0.0843 e. The fourth-order valence-corrected chi connectivity index (χ4v) is 3.31. The zero-order chi connectivity index (χ0) is 16.5. The number of aryl methyl sites for hydroxylation is 1. The summed E-state index contributed by atoms with van der Waals surface area (Å²) in [5, 5.41) is 3.25. The van der Waals surface area contributed by atoms with Gasteiger partial charge in [0.05, 0.1) is 0 Å². The zero-order valence-corrected chi connectivity index (χ0v) is 14.2. The normalized spacial score (nSPS) is 10.9. The van der Waals surface area contributed by atoms with Crippen molar-refractivity contribution in [2.75, 3.05) is 0 Å². The Kier molecular flexibility index (Phi) is 3.84. The van der Waals surface area contributed by atoms with Gasteiger partial charge in [-0.15, -0.1) is 0 Å². The molecule has 0 atom stereocenters. The van der Waals surface area contributed by atoms with Crippen LogP contribution in [0.25, 0.3) is 33.0 Å². The second-order valence-electron chi connectivity index (χ2n) is 6.12. The van der Waals surface area contributed by atoms with Crippen molar-refractivity contribution in [1.29, 1.82) is 0 Å². The lowest BCUT2D eigenvalue weighted by Gasteiger charge is -2.12. The average molecular weight is 329 g/mol. The van der Waals surface area contributed by atoms with E-state index < -0.39 is 0 Å². The molecule has 1 heteroatoms. The van der Waals surface area contributed by atoms with Crippen LogP contribution in [0.2, 0.25) is 5.02 Å². The zero-order valence-electron chi connectivity index (χ0n) is 13.5. The molecule has 0 unspecified atom stereocenters.